The van der Waals surface area contributed by atoms with Crippen LogP contribution >= 0.6 is 0 Å². The van der Waals surface area contributed by atoms with E-state index in [1.807, 2.05) is 204 Å². The number of carbonyl (C=O) groups excluding carboxylic acids is 4. The van der Waals surface area contributed by atoms with Crippen LogP contribution in [-0.2, 0) is 148 Å². The first-order chi connectivity index (χ1) is 58.2. The predicted octanol–water partition coefficient (Wildman–Crippen LogP) is 16.2. The molecule has 0 spiro atoms. The van der Waals surface area contributed by atoms with Crippen molar-refractivity contribution in [2.75, 3.05) is 21.3 Å². The second-order valence-electron chi connectivity index (χ2n) is 30.3. The van der Waals surface area contributed by atoms with E-state index in [4.69, 9.17) is 39.9 Å². The number of aliphatic hydroxyl groups is 4. The van der Waals surface area contributed by atoms with E-state index >= 15 is 0 Å². The van der Waals surface area contributed by atoms with E-state index in [1.165, 1.54) is 27.8 Å². The van der Waals surface area contributed by atoms with Crippen LogP contribution in [0.5, 0.6) is 0 Å². The Morgan fingerprint density at radius 2 is 0.588 bits per heavy atom. The van der Waals surface area contributed by atoms with E-state index in [-0.39, 0.29) is 50.1 Å². The van der Waals surface area contributed by atoms with Crippen molar-refractivity contribution < 1.29 is 39.6 Å². The molecule has 0 fully saturated rings. The van der Waals surface area contributed by atoms with Gasteiger partial charge in [-0.3, -0.25) is 19.2 Å². The lowest BCUT2D eigenvalue weighted by Gasteiger charge is -2.21. The fourth-order valence-corrected chi connectivity index (χ4v) is 15.8. The van der Waals surface area contributed by atoms with Crippen LogP contribution in [0.15, 0.2) is 206 Å². The first-order valence-electron chi connectivity index (χ1n) is 41.5. The number of anilines is 4. The lowest BCUT2D eigenvalue weighted by molar-refractivity contribution is -0.117. The molecule has 17 rings (SSSR count). The molecule has 9 aromatic carbocycles. The van der Waals surface area contributed by atoms with Gasteiger partial charge in [0.05, 0.1) is 108 Å². The van der Waals surface area contributed by atoms with Crippen LogP contribution in [0.2, 0.25) is 0 Å². The van der Waals surface area contributed by atoms with Gasteiger partial charge in [0.15, 0.2) is 23.3 Å². The summed E-state index contributed by atoms with van der Waals surface area (Å²) in [4.78, 5) is 88.9. The van der Waals surface area contributed by atoms with Gasteiger partial charge < -0.3 is 41.7 Å². The van der Waals surface area contributed by atoms with E-state index in [0.29, 0.717) is 81.1 Å². The summed E-state index contributed by atoms with van der Waals surface area (Å²) in [7, 11) is 0. The first-order valence-corrected chi connectivity index (χ1v) is 41.5. The fourth-order valence-electron chi connectivity index (χ4n) is 15.8. The number of aliphatic hydroxyl groups excluding tert-OH is 4. The maximum atomic E-state index is 12.8. The van der Waals surface area contributed by atoms with Gasteiger partial charge in [-0.05, 0) is 174 Å². The molecule has 4 aromatic heterocycles. The summed E-state index contributed by atoms with van der Waals surface area (Å²) in [6, 6.07) is 68.1. The highest BCUT2D eigenvalue weighted by Crippen LogP contribution is 2.39. The van der Waals surface area contributed by atoms with Crippen molar-refractivity contribution in [1.82, 2.24) is 39.9 Å². The SMILES string of the molecule is CCc1nc2c(nc1NC(=O)CCCc1ccccc1)CCc1cc(CO)ccc1-2.CCc1nc2c(nc1NC(=O)CCc1ccccc1)CCc1cc(CO)ccc1-2.CCc1nc2c(nc1NC(=O)Cc1ccc3ccccc3c1)CCc1cc(CO)ccc1-2.CCc1nc2c(nc1NC(=O)Cc1ccccc1)CCc1cc(CO)ccc1-2. The Labute approximate surface area is 694 Å². The Kier molecular flexibility index (Phi) is 27.5. The minimum absolute atomic E-state index is 0.0151. The third-order valence-electron chi connectivity index (χ3n) is 22.1. The maximum Gasteiger partial charge on any atom is 0.229 e. The van der Waals surface area contributed by atoms with Gasteiger partial charge in [-0.1, -0.05) is 234 Å². The monoisotopic (exact) mass is 1580 g/mol. The molecule has 0 unspecified atom stereocenters. The number of nitrogens with zero attached hydrogens (tertiary/aromatic N) is 8. The quantitative estimate of drug-likeness (QED) is 0.0295. The summed E-state index contributed by atoms with van der Waals surface area (Å²) in [6.07, 6.45) is 13.2. The summed E-state index contributed by atoms with van der Waals surface area (Å²) in [6.45, 7) is 8.25. The molecule has 4 aliphatic rings. The summed E-state index contributed by atoms with van der Waals surface area (Å²) >= 11 is 0. The molecule has 0 aliphatic heterocycles. The molecule has 4 amide bonds. The Morgan fingerprint density at radius 3 is 0.941 bits per heavy atom. The zero-order chi connectivity index (χ0) is 82.7. The molecule has 0 saturated heterocycles. The van der Waals surface area contributed by atoms with Crippen LogP contribution in [0.1, 0.15) is 159 Å². The van der Waals surface area contributed by atoms with Crippen molar-refractivity contribution in [2.45, 2.75) is 176 Å². The number of aryl methyl sites for hydroxylation is 14. The van der Waals surface area contributed by atoms with Crippen LogP contribution in [0.4, 0.5) is 23.3 Å². The van der Waals surface area contributed by atoms with Crippen molar-refractivity contribution in [1.29, 1.82) is 0 Å². The van der Waals surface area contributed by atoms with E-state index in [0.717, 1.165) is 205 Å². The summed E-state index contributed by atoms with van der Waals surface area (Å²) in [5.74, 6) is 2.08. The van der Waals surface area contributed by atoms with Gasteiger partial charge in [0.2, 0.25) is 23.6 Å². The Bertz CT molecular complexity index is 5840. The van der Waals surface area contributed by atoms with Crippen molar-refractivity contribution >= 4 is 57.7 Å². The maximum absolute atomic E-state index is 12.8. The molecule has 119 heavy (non-hydrogen) atoms. The van der Waals surface area contributed by atoms with E-state index < -0.39 is 0 Å². The Balaban J connectivity index is 0.000000130. The molecule has 604 valence electrons. The van der Waals surface area contributed by atoms with Crippen molar-refractivity contribution in [3.05, 3.63) is 319 Å². The summed E-state index contributed by atoms with van der Waals surface area (Å²) in [5.41, 5.74) is 27.5. The standard InChI is InChI=1S/C27H25N3O2.C25H27N3O2.C24H25N3O2.C23H23N3O2/c1-2-23-27(30-25(32)15-17-7-9-19-5-3-4-6-20(19)13-17)29-24-12-10-21-14-18(16-31)8-11-22(21)26(24)28-23;1-2-21-25(28-23(30)10-6-9-17-7-4-3-5-8-17)27-22-14-12-19-15-18(16-29)11-13-20(19)24(22)26-21;1-2-20-24(27-22(29)13-9-16-6-4-3-5-7-16)26-21-12-10-18-14-17(15-28)8-11-19(18)23(21)25-20;1-2-19-23(26-21(28)13-15-6-4-3-5-7-15)25-20-11-9-17-12-16(14-27)8-10-18(17)22(20)24-19/h3-9,11,13-14,31H,2,10,12,15-16H2,1H3,(H,29,30,32);3-5,7-8,11,13,15,29H,2,6,9-10,12,14,16H2,1H3,(H,27,28,30);3-8,11,14,28H,2,9-10,12-13,15H2,1H3,(H,26,27,29);3-8,10,12,27H,2,9,11,13-14H2,1H3,(H,25,26,28). The normalized spacial score (nSPS) is 12.2. The highest BCUT2D eigenvalue weighted by atomic mass is 16.3. The van der Waals surface area contributed by atoms with E-state index in [2.05, 4.69) is 51.6 Å². The van der Waals surface area contributed by atoms with Gasteiger partial charge in [-0.25, -0.2) is 39.9 Å². The number of hydrogen-bond acceptors (Lipinski definition) is 16. The van der Waals surface area contributed by atoms with Crippen molar-refractivity contribution in [3.8, 4) is 45.0 Å². The van der Waals surface area contributed by atoms with Crippen LogP contribution < -0.4 is 21.3 Å². The topological polar surface area (TPSA) is 300 Å². The lowest BCUT2D eigenvalue weighted by atomic mass is 9.90. The van der Waals surface area contributed by atoms with Crippen LogP contribution in [-0.4, -0.2) is 83.9 Å². The van der Waals surface area contributed by atoms with Gasteiger partial charge in [0, 0.05) is 35.1 Å². The highest BCUT2D eigenvalue weighted by Gasteiger charge is 2.28. The molecule has 0 saturated carbocycles. The molecule has 20 nitrogen and oxygen atoms in total. The number of carbonyl (C=O) groups is 4. The predicted molar refractivity (Wildman–Crippen MR) is 467 cm³/mol. The molecule has 4 aliphatic carbocycles. The largest absolute Gasteiger partial charge is 0.392 e. The molecule has 8 N–H and O–H groups in total. The summed E-state index contributed by atoms with van der Waals surface area (Å²) in [5, 5.41) is 51.8. The van der Waals surface area contributed by atoms with Gasteiger partial charge in [0.1, 0.15) is 0 Å². The number of benzene rings is 9. The minimum atomic E-state index is -0.0898. The molecule has 13 aromatic rings. The number of amides is 4. The average Bonchev–Trinajstić information content (AvgIpc) is 0.798. The average molecular weight is 1590 g/mol. The first kappa shape index (κ1) is 82.8. The number of rotatable bonds is 23. The molecule has 0 bridgehead atoms. The zero-order valence-electron chi connectivity index (χ0n) is 67.9. The Morgan fingerprint density at radius 1 is 0.286 bits per heavy atom. The second kappa shape index (κ2) is 39.5. The highest BCUT2D eigenvalue weighted by molar-refractivity contribution is 5.95. The second-order valence-corrected chi connectivity index (χ2v) is 30.3. The van der Waals surface area contributed by atoms with Crippen LogP contribution in [0, 0.1) is 0 Å². The molecule has 4 heterocycles. The molecular weight excluding hydrogens is 1490 g/mol. The van der Waals surface area contributed by atoms with E-state index in [1.54, 1.807) is 0 Å². The van der Waals surface area contributed by atoms with Crippen molar-refractivity contribution in [2.24, 2.45) is 0 Å². The van der Waals surface area contributed by atoms with E-state index in [9.17, 15) is 39.6 Å². The lowest BCUT2D eigenvalue weighted by Crippen LogP contribution is -2.19. The zero-order valence-corrected chi connectivity index (χ0v) is 67.9. The summed E-state index contributed by atoms with van der Waals surface area (Å²) < 4.78 is 0. The minimum Gasteiger partial charge on any atom is -0.392 e. The number of aromatic nitrogens is 8. The molecule has 20 heteroatoms. The third-order valence-corrected chi connectivity index (χ3v) is 22.1. The van der Waals surface area contributed by atoms with Crippen molar-refractivity contribution in [3.63, 3.8) is 0 Å². The smallest absolute Gasteiger partial charge is 0.229 e. The van der Waals surface area contributed by atoms with Crippen LogP contribution in [0.3, 0.4) is 0 Å². The number of nitrogens with one attached hydrogen (secondary N) is 4. The van der Waals surface area contributed by atoms with Gasteiger partial charge in [0.25, 0.3) is 0 Å². The number of fused-ring (bicyclic) bond motifs is 13. The third kappa shape index (κ3) is 20.5. The van der Waals surface area contributed by atoms with Gasteiger partial charge in [-0.15, -0.1) is 0 Å². The molecule has 0 atom stereocenters. The van der Waals surface area contributed by atoms with Gasteiger partial charge >= 0.3 is 0 Å². The molecule has 0 radical (unpaired) electrons. The Hall–Kier alpha value is -12.7. The number of hydrogen-bond donors (Lipinski definition) is 8. The van der Waals surface area contributed by atoms with Gasteiger partial charge in [-0.2, -0.15) is 0 Å². The van der Waals surface area contributed by atoms with Crippen LogP contribution in [0.25, 0.3) is 55.8 Å². The molecular formula is C99H100N12O8. The fraction of sp³-hybridized carbons (Fsp3) is 0.273.